The fraction of sp³-hybridized carbons (Fsp3) is 0.211. The summed E-state index contributed by atoms with van der Waals surface area (Å²) in [4.78, 5) is 15.7. The van der Waals surface area contributed by atoms with Crippen LogP contribution in [-0.2, 0) is 16.4 Å². The highest BCUT2D eigenvalue weighted by Gasteiger charge is 2.25. The lowest BCUT2D eigenvalue weighted by Gasteiger charge is -2.17. The first kappa shape index (κ1) is 20.2. The monoisotopic (exact) mass is 448 g/mol. The van der Waals surface area contributed by atoms with Crippen molar-refractivity contribution in [2.24, 2.45) is 0 Å². The van der Waals surface area contributed by atoms with Gasteiger partial charge in [0.05, 0.1) is 11.6 Å². The van der Waals surface area contributed by atoms with Crippen LogP contribution < -0.4 is 10.5 Å². The van der Waals surface area contributed by atoms with Crippen molar-refractivity contribution in [3.05, 3.63) is 70.2 Å². The topological polar surface area (TPSA) is 107 Å². The minimum atomic E-state index is -4.28. The molecule has 30 heavy (non-hydrogen) atoms. The minimum absolute atomic E-state index is 0.00156. The third-order valence-corrected chi connectivity index (χ3v) is 6.88. The van der Waals surface area contributed by atoms with Crippen LogP contribution in [0.2, 0.25) is 0 Å². The van der Waals surface area contributed by atoms with E-state index >= 15 is 0 Å². The molecule has 156 valence electrons. The van der Waals surface area contributed by atoms with E-state index in [2.05, 4.69) is 14.1 Å². The zero-order valence-corrected chi connectivity index (χ0v) is 17.6. The number of aromatic nitrogens is 3. The molecule has 0 bridgehead atoms. The Balaban J connectivity index is 1.83. The number of anilines is 1. The molecule has 0 saturated heterocycles. The maximum Gasteiger partial charge on any atom is 0.420 e. The molecule has 4 rings (SSSR count). The average molecular weight is 449 g/mol. The summed E-state index contributed by atoms with van der Waals surface area (Å²) in [6.07, 6.45) is 1.94. The van der Waals surface area contributed by atoms with Gasteiger partial charge in [-0.05, 0) is 24.5 Å². The zero-order chi connectivity index (χ0) is 21.5. The van der Waals surface area contributed by atoms with Gasteiger partial charge in [-0.25, -0.2) is 22.6 Å². The first-order valence-corrected chi connectivity index (χ1v) is 11.3. The molecule has 0 amide bonds. The summed E-state index contributed by atoms with van der Waals surface area (Å²) < 4.78 is 52.4. The Morgan fingerprint density at radius 3 is 2.77 bits per heavy atom. The summed E-state index contributed by atoms with van der Waals surface area (Å²) in [6.45, 7) is 3.81. The van der Waals surface area contributed by atoms with Gasteiger partial charge in [0.1, 0.15) is 17.0 Å². The molecular formula is C19H17FN4O4S2. The summed E-state index contributed by atoms with van der Waals surface area (Å²) in [6, 6.07) is 9.20. The van der Waals surface area contributed by atoms with Gasteiger partial charge in [-0.2, -0.15) is 4.37 Å². The maximum absolute atomic E-state index is 14.8. The van der Waals surface area contributed by atoms with E-state index in [1.807, 2.05) is 38.1 Å². The van der Waals surface area contributed by atoms with Crippen molar-refractivity contribution in [2.75, 3.05) is 4.72 Å². The van der Waals surface area contributed by atoms with Gasteiger partial charge in [0, 0.05) is 23.7 Å². The summed E-state index contributed by atoms with van der Waals surface area (Å²) >= 11 is 0.814. The van der Waals surface area contributed by atoms with Gasteiger partial charge < -0.3 is 4.42 Å². The molecular weight excluding hydrogens is 431 g/mol. The van der Waals surface area contributed by atoms with Gasteiger partial charge in [0.2, 0.25) is 5.13 Å². The molecule has 8 nitrogen and oxygen atoms in total. The highest BCUT2D eigenvalue weighted by Crippen LogP contribution is 2.29. The smallest absolute Gasteiger partial charge is 0.408 e. The summed E-state index contributed by atoms with van der Waals surface area (Å²) in [5.41, 5.74) is 2.10. The molecule has 0 radical (unpaired) electrons. The third kappa shape index (κ3) is 3.50. The summed E-state index contributed by atoms with van der Waals surface area (Å²) in [5.74, 6) is -1.71. The fourth-order valence-corrected chi connectivity index (χ4v) is 5.14. The largest absolute Gasteiger partial charge is 0.420 e. The van der Waals surface area contributed by atoms with Gasteiger partial charge in [-0.15, -0.1) is 0 Å². The molecule has 0 fully saturated rings. The number of sulfonamides is 1. The van der Waals surface area contributed by atoms with E-state index in [4.69, 9.17) is 4.42 Å². The number of hydrogen-bond donors (Lipinski definition) is 1. The fourth-order valence-electron chi connectivity index (χ4n) is 3.40. The highest BCUT2D eigenvalue weighted by molar-refractivity contribution is 7.93. The van der Waals surface area contributed by atoms with Crippen LogP contribution in [-0.4, -0.2) is 22.3 Å². The van der Waals surface area contributed by atoms with Crippen LogP contribution in [0, 0.1) is 5.82 Å². The first-order valence-electron chi connectivity index (χ1n) is 9.03. The van der Waals surface area contributed by atoms with Crippen molar-refractivity contribution in [2.45, 2.75) is 31.2 Å². The zero-order valence-electron chi connectivity index (χ0n) is 16.0. The first-order chi connectivity index (χ1) is 14.3. The molecule has 0 aliphatic carbocycles. The number of aryl methyl sites for hydroxylation is 1. The summed E-state index contributed by atoms with van der Waals surface area (Å²) in [7, 11) is -4.28. The van der Waals surface area contributed by atoms with Gasteiger partial charge in [0.15, 0.2) is 5.58 Å². The molecule has 0 saturated carbocycles. The molecule has 0 spiro atoms. The number of hydrogen-bond acceptors (Lipinski definition) is 7. The van der Waals surface area contributed by atoms with Gasteiger partial charge in [-0.1, -0.05) is 31.2 Å². The van der Waals surface area contributed by atoms with Crippen molar-refractivity contribution in [1.82, 2.24) is 13.9 Å². The quantitative estimate of drug-likeness (QED) is 0.483. The van der Waals surface area contributed by atoms with Crippen LogP contribution in [0.15, 0.2) is 56.8 Å². The second-order valence-corrected chi connectivity index (χ2v) is 9.00. The van der Waals surface area contributed by atoms with Gasteiger partial charge in [0.25, 0.3) is 10.0 Å². The molecule has 4 aromatic rings. The molecule has 0 aliphatic heterocycles. The van der Waals surface area contributed by atoms with Crippen LogP contribution in [0.25, 0.3) is 11.1 Å². The highest BCUT2D eigenvalue weighted by atomic mass is 32.2. The van der Waals surface area contributed by atoms with Crippen LogP contribution in [0.4, 0.5) is 9.52 Å². The predicted molar refractivity (Wildman–Crippen MR) is 111 cm³/mol. The molecule has 11 heteroatoms. The number of benzene rings is 2. The van der Waals surface area contributed by atoms with E-state index in [-0.39, 0.29) is 16.2 Å². The Kier molecular flexibility index (Phi) is 5.16. The second kappa shape index (κ2) is 7.65. The molecule has 0 aliphatic rings. The van der Waals surface area contributed by atoms with Crippen molar-refractivity contribution in [1.29, 1.82) is 0 Å². The van der Waals surface area contributed by atoms with E-state index in [1.165, 1.54) is 10.9 Å². The normalized spacial score (nSPS) is 12.9. The Bertz CT molecular complexity index is 1380. The van der Waals surface area contributed by atoms with Gasteiger partial charge in [-0.3, -0.25) is 9.29 Å². The van der Waals surface area contributed by atoms with Crippen molar-refractivity contribution >= 4 is 37.8 Å². The molecule has 0 unspecified atom stereocenters. The second-order valence-electron chi connectivity index (χ2n) is 6.57. The third-order valence-electron chi connectivity index (χ3n) is 4.81. The Morgan fingerprint density at radius 1 is 1.30 bits per heavy atom. The standard InChI is InChI=1S/C19H17FN4O4S2/c1-3-12-6-4-5-7-13(12)11(2)24-15-8-14(20)17(9-16(15)28-19(24)25)30(26,27)23-18-21-10-22-29-18/h4-11H,3H2,1-2H3,(H,21,22,23)/t11-/m1/s1. The number of nitrogens with zero attached hydrogens (tertiary/aromatic N) is 3. The predicted octanol–water partition coefficient (Wildman–Crippen LogP) is 3.56. The van der Waals surface area contributed by atoms with Crippen LogP contribution in [0.1, 0.15) is 31.0 Å². The molecule has 2 heterocycles. The molecule has 2 aromatic heterocycles. The SMILES string of the molecule is CCc1ccccc1[C@@H](C)n1c(=O)oc2cc(S(=O)(=O)Nc3ncns3)c(F)cc21. The van der Waals surface area contributed by atoms with Crippen LogP contribution in [0.3, 0.4) is 0 Å². The molecule has 1 atom stereocenters. The number of nitrogens with one attached hydrogen (secondary N) is 1. The number of oxazole rings is 1. The van der Waals surface area contributed by atoms with E-state index < -0.39 is 32.5 Å². The van der Waals surface area contributed by atoms with Crippen molar-refractivity contribution in [3.63, 3.8) is 0 Å². The van der Waals surface area contributed by atoms with E-state index in [0.717, 1.165) is 41.2 Å². The van der Waals surface area contributed by atoms with Crippen molar-refractivity contribution < 1.29 is 17.2 Å². The summed E-state index contributed by atoms with van der Waals surface area (Å²) in [5, 5.41) is -0.00156. The molecule has 2 aromatic carbocycles. The van der Waals surface area contributed by atoms with E-state index in [9.17, 15) is 17.6 Å². The van der Waals surface area contributed by atoms with E-state index in [0.29, 0.717) is 0 Å². The average Bonchev–Trinajstić information content (AvgIpc) is 3.32. The lowest BCUT2D eigenvalue weighted by molar-refractivity contribution is 0.488. The minimum Gasteiger partial charge on any atom is -0.408 e. The Hall–Kier alpha value is -3.05. The lowest BCUT2D eigenvalue weighted by atomic mass is 9.99. The number of halogens is 1. The van der Waals surface area contributed by atoms with Crippen LogP contribution >= 0.6 is 11.5 Å². The van der Waals surface area contributed by atoms with Gasteiger partial charge >= 0.3 is 5.76 Å². The Morgan fingerprint density at radius 2 is 2.07 bits per heavy atom. The number of fused-ring (bicyclic) bond motifs is 1. The van der Waals surface area contributed by atoms with Crippen LogP contribution in [0.5, 0.6) is 0 Å². The molecule has 1 N–H and O–H groups in total. The lowest BCUT2D eigenvalue weighted by Crippen LogP contribution is -2.20. The van der Waals surface area contributed by atoms with E-state index in [1.54, 1.807) is 0 Å². The Labute approximate surface area is 175 Å². The van der Waals surface area contributed by atoms with Crippen molar-refractivity contribution in [3.8, 4) is 0 Å². The number of rotatable bonds is 6. The maximum atomic E-state index is 14.8.